The highest BCUT2D eigenvalue weighted by atomic mass is 79.9. The number of rotatable bonds is 4. The summed E-state index contributed by atoms with van der Waals surface area (Å²) in [4.78, 5) is 9.28. The van der Waals surface area contributed by atoms with E-state index in [0.29, 0.717) is 4.67 Å². The van der Waals surface area contributed by atoms with E-state index in [1.54, 1.807) is 0 Å². The molecule has 124 valence electrons. The largest absolute Gasteiger partial charge is 0.450 e. The molecular weight excluding hydrogens is 460 g/mol. The quantitative estimate of drug-likeness (QED) is 0.366. The van der Waals surface area contributed by atoms with Crippen LogP contribution in [0.2, 0.25) is 0 Å². The minimum atomic E-state index is -4.53. The molecule has 0 aliphatic heterocycles. The van der Waals surface area contributed by atoms with Crippen LogP contribution in [0.4, 0.5) is 5.88 Å². The molecule has 0 fully saturated rings. The molecule has 0 aliphatic carbocycles. The molecule has 0 saturated heterocycles. The van der Waals surface area contributed by atoms with E-state index in [4.69, 9.17) is 43.6 Å². The Hall–Kier alpha value is -1.000. The zero-order valence-corrected chi connectivity index (χ0v) is 15.4. The Morgan fingerprint density at radius 1 is 1.22 bits per heavy atom. The van der Waals surface area contributed by atoms with Crippen LogP contribution in [0, 0.1) is 10.1 Å². The molecule has 2 rings (SSSR count). The van der Waals surface area contributed by atoms with E-state index in [2.05, 4.69) is 15.9 Å². The molecule has 0 unspecified atom stereocenters. The van der Waals surface area contributed by atoms with Gasteiger partial charge in [0, 0.05) is 6.08 Å². The van der Waals surface area contributed by atoms with Crippen molar-refractivity contribution in [3.8, 4) is 0 Å². The average molecular weight is 465 g/mol. The van der Waals surface area contributed by atoms with Crippen LogP contribution in [0.1, 0.15) is 11.5 Å². The Balaban J connectivity index is 2.65. The average Bonchev–Trinajstić information content (AvgIpc) is 3.03. The first-order valence-electron chi connectivity index (χ1n) is 5.55. The smallest absolute Gasteiger partial charge is 0.433 e. The van der Waals surface area contributed by atoms with Crippen LogP contribution in [0.25, 0.3) is 11.0 Å². The molecule has 0 atom stereocenters. The highest BCUT2D eigenvalue weighted by Crippen LogP contribution is 2.42. The second-order valence-corrected chi connectivity index (χ2v) is 9.79. The highest BCUT2D eigenvalue weighted by Gasteiger charge is 2.43. The summed E-state index contributed by atoms with van der Waals surface area (Å²) in [6.07, 6.45) is 1.03. The summed E-state index contributed by atoms with van der Waals surface area (Å²) >= 11 is 19.5. The zero-order chi connectivity index (χ0) is 17.4. The van der Waals surface area contributed by atoms with Crippen LogP contribution in [0.15, 0.2) is 37.8 Å². The van der Waals surface area contributed by atoms with Gasteiger partial charge in [0.2, 0.25) is 9.84 Å². The first-order valence-corrected chi connectivity index (χ1v) is 8.96. The molecule has 2 aromatic heterocycles. The third kappa shape index (κ3) is 3.92. The third-order valence-corrected chi connectivity index (χ3v) is 6.24. The van der Waals surface area contributed by atoms with Gasteiger partial charge < -0.3 is 8.83 Å². The van der Waals surface area contributed by atoms with Crippen molar-refractivity contribution in [3.63, 3.8) is 0 Å². The molecule has 0 N–H and O–H groups in total. The van der Waals surface area contributed by atoms with Crippen LogP contribution in [0.3, 0.4) is 0 Å². The Kier molecular flexibility index (Phi) is 5.17. The molecule has 0 amide bonds. The monoisotopic (exact) mass is 463 g/mol. The summed E-state index contributed by atoms with van der Waals surface area (Å²) in [5.41, 5.74) is 0. The first kappa shape index (κ1) is 18.3. The van der Waals surface area contributed by atoms with Crippen LogP contribution < -0.4 is 0 Å². The predicted molar refractivity (Wildman–Crippen MR) is 88.9 cm³/mol. The van der Waals surface area contributed by atoms with Gasteiger partial charge in [-0.3, -0.25) is 10.1 Å². The van der Waals surface area contributed by atoms with E-state index in [-0.39, 0.29) is 11.5 Å². The summed E-state index contributed by atoms with van der Waals surface area (Å²) in [5.74, 6) is -0.926. The molecule has 0 bridgehead atoms. The molecule has 0 radical (unpaired) electrons. The van der Waals surface area contributed by atoms with Crippen molar-refractivity contribution in [1.82, 2.24) is 0 Å². The molecule has 7 nitrogen and oxygen atoms in total. The Labute approximate surface area is 153 Å². The van der Waals surface area contributed by atoms with Gasteiger partial charge in [0.25, 0.3) is 3.12 Å². The Morgan fingerprint density at radius 3 is 2.30 bits per heavy atom. The van der Waals surface area contributed by atoms with E-state index in [9.17, 15) is 18.5 Å². The molecule has 0 aromatic carbocycles. The summed E-state index contributed by atoms with van der Waals surface area (Å²) in [6, 6.07) is 5.01. The number of hydrogen-bond acceptors (Lipinski definition) is 6. The summed E-state index contributed by atoms with van der Waals surface area (Å²) in [6.45, 7) is 0. The second kappa shape index (κ2) is 6.48. The number of hydrogen-bond donors (Lipinski definition) is 0. The van der Waals surface area contributed by atoms with Crippen molar-refractivity contribution in [2.45, 2.75) is 3.12 Å². The van der Waals surface area contributed by atoms with E-state index < -0.39 is 28.7 Å². The number of furan rings is 2. The first-order chi connectivity index (χ1) is 10.5. The van der Waals surface area contributed by atoms with Crippen LogP contribution >= 0.6 is 50.7 Å². The molecule has 0 aliphatic rings. The fraction of sp³-hybridized carbons (Fsp3) is 0.0909. The molecule has 0 saturated carbocycles. The van der Waals surface area contributed by atoms with Gasteiger partial charge in [-0.2, -0.15) is 0 Å². The van der Waals surface area contributed by atoms with Crippen molar-refractivity contribution in [1.29, 1.82) is 0 Å². The maximum Gasteiger partial charge on any atom is 0.433 e. The number of alkyl halides is 3. The van der Waals surface area contributed by atoms with Crippen LogP contribution in [-0.2, 0) is 9.84 Å². The van der Waals surface area contributed by atoms with E-state index in [1.165, 1.54) is 12.1 Å². The van der Waals surface area contributed by atoms with E-state index >= 15 is 0 Å². The van der Waals surface area contributed by atoms with Gasteiger partial charge in [0.1, 0.15) is 15.6 Å². The maximum atomic E-state index is 12.4. The summed E-state index contributed by atoms with van der Waals surface area (Å²) < 4.78 is 32.5. The van der Waals surface area contributed by atoms with Gasteiger partial charge in [0.05, 0.1) is 6.07 Å². The van der Waals surface area contributed by atoms with Crippen LogP contribution in [0.5, 0.6) is 0 Å². The lowest BCUT2D eigenvalue weighted by Gasteiger charge is -2.13. The Morgan fingerprint density at radius 2 is 1.87 bits per heavy atom. The second-order valence-electron chi connectivity index (χ2n) is 3.99. The molecular formula is C11H5BrCl3NO6S. The van der Waals surface area contributed by atoms with Crippen molar-refractivity contribution < 1.29 is 22.2 Å². The van der Waals surface area contributed by atoms with Gasteiger partial charge >= 0.3 is 5.88 Å². The van der Waals surface area contributed by atoms with Crippen LogP contribution in [-0.4, -0.2) is 16.5 Å². The molecule has 23 heavy (non-hydrogen) atoms. The fourth-order valence-electron chi connectivity index (χ4n) is 1.50. The molecule has 12 heteroatoms. The van der Waals surface area contributed by atoms with Gasteiger partial charge in [0.15, 0.2) is 10.4 Å². The van der Waals surface area contributed by atoms with E-state index in [1.807, 2.05) is 0 Å². The van der Waals surface area contributed by atoms with Crippen molar-refractivity contribution in [3.05, 3.63) is 50.6 Å². The fourth-order valence-corrected chi connectivity index (χ4v) is 3.46. The lowest BCUT2D eigenvalue weighted by Crippen LogP contribution is -2.20. The summed E-state index contributed by atoms with van der Waals surface area (Å²) in [5, 5.41) is 10.7. The van der Waals surface area contributed by atoms with Gasteiger partial charge in [-0.25, -0.2) is 8.42 Å². The van der Waals surface area contributed by atoms with E-state index in [0.717, 1.165) is 18.2 Å². The predicted octanol–water partition coefficient (Wildman–Crippen LogP) is 4.78. The summed E-state index contributed by atoms with van der Waals surface area (Å²) in [7, 11) is -4.53. The number of sulfone groups is 1. The standard InChI is InChI=1S/C11H5BrCl3NO6S/c12-9-3-1-6(21-9)5-8(23(19,20)11(13,14)15)7-2-4-10(22-7)16(17)18/h1-5H. The van der Waals surface area contributed by atoms with Gasteiger partial charge in [-0.05, 0) is 34.1 Å². The molecule has 2 heterocycles. The number of nitrogens with zero attached hydrogens (tertiary/aromatic N) is 1. The lowest BCUT2D eigenvalue weighted by molar-refractivity contribution is -0.402. The van der Waals surface area contributed by atoms with Crippen molar-refractivity contribution in [2.24, 2.45) is 0 Å². The molecule has 2 aromatic rings. The minimum Gasteiger partial charge on any atom is -0.450 e. The lowest BCUT2D eigenvalue weighted by atomic mass is 10.3. The minimum absolute atomic E-state index is 0.101. The SMILES string of the molecule is O=[N+]([O-])c1ccc(C(=Cc2ccc(Br)o2)S(=O)(=O)C(Cl)(Cl)Cl)o1. The zero-order valence-electron chi connectivity index (χ0n) is 10.7. The Bertz CT molecular complexity index is 880. The molecule has 0 spiro atoms. The van der Waals surface area contributed by atoms with Gasteiger partial charge in [-0.1, -0.05) is 34.8 Å². The van der Waals surface area contributed by atoms with Gasteiger partial charge in [-0.15, -0.1) is 0 Å². The van der Waals surface area contributed by atoms with Crippen molar-refractivity contribution in [2.75, 3.05) is 0 Å². The van der Waals surface area contributed by atoms with Crippen molar-refractivity contribution >= 4 is 77.4 Å². The maximum absolute atomic E-state index is 12.4. The highest BCUT2D eigenvalue weighted by molar-refractivity contribution is 9.10. The normalized spacial score (nSPS) is 13.3. The topological polar surface area (TPSA) is 104 Å². The number of nitro groups is 1. The number of halogens is 4. The third-order valence-electron chi connectivity index (χ3n) is 2.48.